The number of ether oxygens (including phenoxy) is 2. The van der Waals surface area contributed by atoms with Crippen molar-refractivity contribution in [2.45, 2.75) is 64.2 Å². The van der Waals surface area contributed by atoms with E-state index in [2.05, 4.69) is 44.5 Å². The van der Waals surface area contributed by atoms with Gasteiger partial charge in [-0.2, -0.15) is 0 Å². The fraction of sp³-hybridized carbons (Fsp3) is 0.429. The minimum atomic E-state index is -0.0948. The highest BCUT2D eigenvalue weighted by molar-refractivity contribution is 5.80. The molecule has 0 aliphatic heterocycles. The van der Waals surface area contributed by atoms with E-state index in [1.807, 2.05) is 41.1 Å². The third-order valence-corrected chi connectivity index (χ3v) is 7.36. The standard InChI is InChI=1S/C28H34N6O3/c1-4-26(27-30-31-32-34(27)22-7-5-6-8-22)33(17-19-9-11-23(36-2)12-10-19)18-21-15-20-16-24(37-3)13-14-25(20)29-28(21)35/h9-16,22,26H,4-8,17-18H2,1-3H3,(H,29,35)/t26-/m1/s1. The zero-order valence-electron chi connectivity index (χ0n) is 21.7. The van der Waals surface area contributed by atoms with Crippen molar-refractivity contribution in [1.29, 1.82) is 0 Å². The summed E-state index contributed by atoms with van der Waals surface area (Å²) >= 11 is 0. The van der Waals surface area contributed by atoms with Crippen LogP contribution in [0.1, 0.15) is 68.1 Å². The van der Waals surface area contributed by atoms with E-state index in [1.54, 1.807) is 14.2 Å². The summed E-state index contributed by atoms with van der Waals surface area (Å²) in [5.41, 5.74) is 2.50. The van der Waals surface area contributed by atoms with Crippen molar-refractivity contribution in [2.75, 3.05) is 14.2 Å². The molecule has 4 aromatic rings. The molecular weight excluding hydrogens is 468 g/mol. The first-order valence-corrected chi connectivity index (χ1v) is 12.9. The Morgan fingerprint density at radius 2 is 1.76 bits per heavy atom. The van der Waals surface area contributed by atoms with Gasteiger partial charge in [0.25, 0.3) is 5.56 Å². The minimum absolute atomic E-state index is 0.0573. The van der Waals surface area contributed by atoms with Crippen molar-refractivity contribution >= 4 is 10.9 Å². The van der Waals surface area contributed by atoms with E-state index >= 15 is 0 Å². The lowest BCUT2D eigenvalue weighted by molar-refractivity contribution is 0.158. The van der Waals surface area contributed by atoms with Crippen LogP contribution in [0.2, 0.25) is 0 Å². The molecule has 2 aromatic carbocycles. The van der Waals surface area contributed by atoms with Gasteiger partial charge in [-0.25, -0.2) is 4.68 Å². The van der Waals surface area contributed by atoms with Crippen molar-refractivity contribution in [2.24, 2.45) is 0 Å². The number of H-pyrrole nitrogens is 1. The molecule has 0 amide bonds. The molecule has 1 aliphatic carbocycles. The van der Waals surface area contributed by atoms with Crippen LogP contribution in [-0.4, -0.2) is 44.3 Å². The van der Waals surface area contributed by atoms with Crippen LogP contribution in [0.25, 0.3) is 10.9 Å². The van der Waals surface area contributed by atoms with Gasteiger partial charge in [0.2, 0.25) is 0 Å². The molecule has 5 rings (SSSR count). The highest BCUT2D eigenvalue weighted by Gasteiger charge is 2.29. The minimum Gasteiger partial charge on any atom is -0.497 e. The highest BCUT2D eigenvalue weighted by Crippen LogP contribution is 2.33. The average molecular weight is 503 g/mol. The molecule has 9 heteroatoms. The van der Waals surface area contributed by atoms with Crippen molar-refractivity contribution in [1.82, 2.24) is 30.1 Å². The van der Waals surface area contributed by atoms with E-state index in [1.165, 1.54) is 12.8 Å². The third kappa shape index (κ3) is 5.36. The number of benzene rings is 2. The normalized spacial score (nSPS) is 14.9. The van der Waals surface area contributed by atoms with Gasteiger partial charge in [-0.1, -0.05) is 31.9 Å². The van der Waals surface area contributed by atoms with Gasteiger partial charge in [-0.3, -0.25) is 9.69 Å². The Hall–Kier alpha value is -3.72. The Balaban J connectivity index is 1.53. The van der Waals surface area contributed by atoms with Crippen LogP contribution < -0.4 is 15.0 Å². The Labute approximate surface area is 216 Å². The molecule has 1 atom stereocenters. The van der Waals surface area contributed by atoms with Gasteiger partial charge in [0, 0.05) is 29.6 Å². The van der Waals surface area contributed by atoms with Crippen LogP contribution in [0.15, 0.2) is 53.3 Å². The number of fused-ring (bicyclic) bond motifs is 1. The number of nitrogens with zero attached hydrogens (tertiary/aromatic N) is 5. The summed E-state index contributed by atoms with van der Waals surface area (Å²) in [5.74, 6) is 2.43. The van der Waals surface area contributed by atoms with E-state index < -0.39 is 0 Å². The van der Waals surface area contributed by atoms with Gasteiger partial charge < -0.3 is 14.5 Å². The van der Waals surface area contributed by atoms with Gasteiger partial charge in [0.1, 0.15) is 11.5 Å². The van der Waals surface area contributed by atoms with Gasteiger partial charge in [0.15, 0.2) is 5.82 Å². The molecule has 0 unspecified atom stereocenters. The largest absolute Gasteiger partial charge is 0.497 e. The third-order valence-electron chi connectivity index (χ3n) is 7.36. The summed E-state index contributed by atoms with van der Waals surface area (Å²) < 4.78 is 12.8. The molecule has 1 aliphatic rings. The first-order valence-electron chi connectivity index (χ1n) is 12.9. The molecule has 1 saturated carbocycles. The predicted octanol–water partition coefficient (Wildman–Crippen LogP) is 4.80. The molecule has 0 bridgehead atoms. The number of hydrogen-bond donors (Lipinski definition) is 1. The van der Waals surface area contributed by atoms with E-state index in [9.17, 15) is 4.79 Å². The SMILES string of the molecule is CC[C@H](c1nnnn1C1CCCC1)N(Cc1ccc(OC)cc1)Cc1cc2cc(OC)ccc2[nH]c1=O. The summed E-state index contributed by atoms with van der Waals surface area (Å²) in [6.07, 6.45) is 5.40. The van der Waals surface area contributed by atoms with E-state index in [0.717, 1.165) is 53.1 Å². The zero-order chi connectivity index (χ0) is 25.8. The molecular formula is C28H34N6O3. The molecule has 194 valence electrons. The Morgan fingerprint density at radius 1 is 1.03 bits per heavy atom. The van der Waals surface area contributed by atoms with Crippen LogP contribution in [0.3, 0.4) is 0 Å². The lowest BCUT2D eigenvalue weighted by atomic mass is 10.1. The van der Waals surface area contributed by atoms with Crippen molar-refractivity contribution in [3.8, 4) is 11.5 Å². The van der Waals surface area contributed by atoms with E-state index in [0.29, 0.717) is 24.7 Å². The summed E-state index contributed by atoms with van der Waals surface area (Å²) in [4.78, 5) is 18.5. The molecule has 0 radical (unpaired) electrons. The maximum atomic E-state index is 13.2. The van der Waals surface area contributed by atoms with Crippen molar-refractivity contribution in [3.63, 3.8) is 0 Å². The van der Waals surface area contributed by atoms with Crippen molar-refractivity contribution < 1.29 is 9.47 Å². The summed E-state index contributed by atoms with van der Waals surface area (Å²) in [6.45, 7) is 3.23. The number of hydrogen-bond acceptors (Lipinski definition) is 7. The van der Waals surface area contributed by atoms with Gasteiger partial charge in [0.05, 0.1) is 26.3 Å². The van der Waals surface area contributed by atoms with Gasteiger partial charge >= 0.3 is 0 Å². The van der Waals surface area contributed by atoms with Crippen molar-refractivity contribution in [3.05, 3.63) is 75.8 Å². The molecule has 9 nitrogen and oxygen atoms in total. The summed E-state index contributed by atoms with van der Waals surface area (Å²) in [5, 5.41) is 13.9. The highest BCUT2D eigenvalue weighted by atomic mass is 16.5. The van der Waals surface area contributed by atoms with Crippen LogP contribution in [0.4, 0.5) is 0 Å². The van der Waals surface area contributed by atoms with Crippen LogP contribution >= 0.6 is 0 Å². The number of aromatic amines is 1. The Bertz CT molecular complexity index is 1390. The number of aromatic nitrogens is 5. The second-order valence-corrected chi connectivity index (χ2v) is 9.67. The van der Waals surface area contributed by atoms with Crippen LogP contribution in [0.5, 0.6) is 11.5 Å². The summed E-state index contributed by atoms with van der Waals surface area (Å²) in [7, 11) is 3.31. The fourth-order valence-electron chi connectivity index (χ4n) is 5.37. The number of nitrogens with one attached hydrogen (secondary N) is 1. The smallest absolute Gasteiger partial charge is 0.252 e. The molecule has 37 heavy (non-hydrogen) atoms. The summed E-state index contributed by atoms with van der Waals surface area (Å²) in [6, 6.07) is 16.0. The Kier molecular flexibility index (Phi) is 7.50. The monoisotopic (exact) mass is 502 g/mol. The lowest BCUT2D eigenvalue weighted by Gasteiger charge is -2.31. The molecule has 0 saturated heterocycles. The first kappa shape index (κ1) is 25.0. The van der Waals surface area contributed by atoms with E-state index in [-0.39, 0.29) is 11.6 Å². The fourth-order valence-corrected chi connectivity index (χ4v) is 5.37. The Morgan fingerprint density at radius 3 is 2.46 bits per heavy atom. The molecule has 1 N–H and O–H groups in total. The predicted molar refractivity (Wildman–Crippen MR) is 142 cm³/mol. The lowest BCUT2D eigenvalue weighted by Crippen LogP contribution is -2.32. The quantitative estimate of drug-likeness (QED) is 0.333. The molecule has 0 spiro atoms. The second-order valence-electron chi connectivity index (χ2n) is 9.67. The average Bonchev–Trinajstić information content (AvgIpc) is 3.62. The maximum Gasteiger partial charge on any atom is 0.252 e. The van der Waals surface area contributed by atoms with Crippen LogP contribution in [0, 0.1) is 0 Å². The number of methoxy groups -OCH3 is 2. The number of pyridine rings is 1. The number of rotatable bonds is 10. The molecule has 2 aromatic heterocycles. The first-order chi connectivity index (χ1) is 18.1. The molecule has 1 fully saturated rings. The molecule has 2 heterocycles. The van der Waals surface area contributed by atoms with Gasteiger partial charge in [-0.05, 0) is 71.7 Å². The van der Waals surface area contributed by atoms with E-state index in [4.69, 9.17) is 9.47 Å². The maximum absolute atomic E-state index is 13.2. The zero-order valence-corrected chi connectivity index (χ0v) is 21.7. The topological polar surface area (TPSA) is 98.2 Å². The van der Waals surface area contributed by atoms with Gasteiger partial charge in [-0.15, -0.1) is 5.10 Å². The second kappa shape index (κ2) is 11.1. The van der Waals surface area contributed by atoms with Crippen LogP contribution in [-0.2, 0) is 13.1 Å². The number of tetrazole rings is 1.